The Labute approximate surface area is 139 Å². The van der Waals surface area contributed by atoms with Crippen LogP contribution in [0.25, 0.3) is 16.7 Å². The highest BCUT2D eigenvalue weighted by molar-refractivity contribution is 5.75. The maximum Gasteiger partial charge on any atom is 0.200 e. The first-order chi connectivity index (χ1) is 11.7. The molecular weight excluding hydrogens is 302 g/mol. The Morgan fingerprint density at radius 2 is 2.08 bits per heavy atom. The normalized spacial score (nSPS) is 11.4. The van der Waals surface area contributed by atoms with Crippen LogP contribution in [0.5, 0.6) is 0 Å². The number of para-hydroxylation sites is 2. The van der Waals surface area contributed by atoms with Crippen molar-refractivity contribution in [2.75, 3.05) is 11.9 Å². The van der Waals surface area contributed by atoms with E-state index >= 15 is 0 Å². The average molecular weight is 321 g/mol. The summed E-state index contributed by atoms with van der Waals surface area (Å²) in [5, 5.41) is 15.8. The van der Waals surface area contributed by atoms with Gasteiger partial charge in [0, 0.05) is 20.0 Å². The van der Waals surface area contributed by atoms with Gasteiger partial charge in [0.1, 0.15) is 12.2 Å². The number of fused-ring (bicyclic) bond motifs is 2. The molecule has 0 aliphatic carbocycles. The summed E-state index contributed by atoms with van der Waals surface area (Å²) in [6, 6.07) is 10.2. The van der Waals surface area contributed by atoms with Crippen molar-refractivity contribution < 1.29 is 0 Å². The molecule has 0 saturated carbocycles. The van der Waals surface area contributed by atoms with Crippen LogP contribution in [-0.2, 0) is 13.5 Å². The lowest BCUT2D eigenvalue weighted by Crippen LogP contribution is -2.08. The zero-order chi connectivity index (χ0) is 16.5. The second-order valence-electron chi connectivity index (χ2n) is 5.90. The van der Waals surface area contributed by atoms with Crippen LogP contribution in [0, 0.1) is 6.92 Å². The highest BCUT2D eigenvalue weighted by Crippen LogP contribution is 2.17. The van der Waals surface area contributed by atoms with Crippen molar-refractivity contribution in [3.05, 3.63) is 48.2 Å². The van der Waals surface area contributed by atoms with E-state index in [0.29, 0.717) is 0 Å². The van der Waals surface area contributed by atoms with Crippen LogP contribution in [0.4, 0.5) is 5.69 Å². The molecule has 0 radical (unpaired) electrons. The topological polar surface area (TPSA) is 72.9 Å². The highest BCUT2D eigenvalue weighted by atomic mass is 15.3. The van der Waals surface area contributed by atoms with Crippen LogP contribution in [0.15, 0.2) is 36.7 Å². The molecule has 0 atom stereocenters. The second kappa shape index (κ2) is 5.92. The van der Waals surface area contributed by atoms with E-state index < -0.39 is 0 Å². The summed E-state index contributed by atoms with van der Waals surface area (Å²) in [5.41, 5.74) is 4.88. The van der Waals surface area contributed by atoms with E-state index in [-0.39, 0.29) is 0 Å². The molecule has 7 nitrogen and oxygen atoms in total. The number of imidazole rings is 1. The van der Waals surface area contributed by atoms with E-state index in [2.05, 4.69) is 44.4 Å². The number of hydrogen-bond acceptors (Lipinski definition) is 5. The molecule has 0 aliphatic heterocycles. The van der Waals surface area contributed by atoms with Crippen molar-refractivity contribution in [2.45, 2.75) is 19.8 Å². The first-order valence-electron chi connectivity index (χ1n) is 8.04. The fourth-order valence-corrected chi connectivity index (χ4v) is 2.97. The maximum atomic E-state index is 4.71. The van der Waals surface area contributed by atoms with E-state index in [1.54, 1.807) is 10.8 Å². The molecule has 0 spiro atoms. The lowest BCUT2D eigenvalue weighted by Gasteiger charge is -2.08. The molecule has 0 fully saturated rings. The zero-order valence-corrected chi connectivity index (χ0v) is 13.8. The number of rotatable bonds is 5. The zero-order valence-electron chi connectivity index (χ0n) is 13.8. The molecule has 3 aromatic heterocycles. The first kappa shape index (κ1) is 14.6. The smallest absolute Gasteiger partial charge is 0.200 e. The molecular formula is C17H19N7. The van der Waals surface area contributed by atoms with Crippen molar-refractivity contribution in [3.63, 3.8) is 0 Å². The molecule has 0 bridgehead atoms. The van der Waals surface area contributed by atoms with Crippen LogP contribution >= 0.6 is 0 Å². The van der Waals surface area contributed by atoms with Crippen LogP contribution in [0.3, 0.4) is 0 Å². The Balaban J connectivity index is 1.43. The molecule has 0 unspecified atom stereocenters. The fourth-order valence-electron chi connectivity index (χ4n) is 2.97. The van der Waals surface area contributed by atoms with E-state index in [9.17, 15) is 0 Å². The van der Waals surface area contributed by atoms with Crippen LogP contribution in [0.2, 0.25) is 0 Å². The van der Waals surface area contributed by atoms with E-state index in [0.717, 1.165) is 47.8 Å². The summed E-state index contributed by atoms with van der Waals surface area (Å²) in [6.45, 7) is 2.80. The van der Waals surface area contributed by atoms with Crippen LogP contribution in [-0.4, -0.2) is 35.9 Å². The quantitative estimate of drug-likeness (QED) is 0.571. The third-order valence-corrected chi connectivity index (χ3v) is 4.16. The highest BCUT2D eigenvalue weighted by Gasteiger charge is 2.08. The number of aryl methyl sites for hydroxylation is 3. The van der Waals surface area contributed by atoms with Gasteiger partial charge < -0.3 is 9.88 Å². The number of nitrogens with one attached hydrogen (secondary N) is 1. The lowest BCUT2D eigenvalue weighted by atomic mass is 10.3. The minimum atomic E-state index is 0.753. The molecule has 1 aromatic carbocycles. The van der Waals surface area contributed by atoms with Crippen molar-refractivity contribution in [3.8, 4) is 0 Å². The van der Waals surface area contributed by atoms with Gasteiger partial charge in [-0.05, 0) is 31.5 Å². The van der Waals surface area contributed by atoms with Gasteiger partial charge in [-0.25, -0.2) is 4.98 Å². The monoisotopic (exact) mass is 321 g/mol. The summed E-state index contributed by atoms with van der Waals surface area (Å²) in [6.07, 6.45) is 3.52. The molecule has 0 aliphatic rings. The van der Waals surface area contributed by atoms with Gasteiger partial charge in [0.15, 0.2) is 0 Å². The van der Waals surface area contributed by atoms with Gasteiger partial charge in [-0.1, -0.05) is 12.1 Å². The predicted octanol–water partition coefficient (Wildman–Crippen LogP) is 2.36. The molecule has 4 rings (SSSR count). The Morgan fingerprint density at radius 3 is 2.96 bits per heavy atom. The molecule has 122 valence electrons. The number of hydrogen-bond donors (Lipinski definition) is 1. The molecule has 3 heterocycles. The fraction of sp³-hybridized carbons (Fsp3) is 0.294. The summed E-state index contributed by atoms with van der Waals surface area (Å²) in [5.74, 6) is 1.11. The SMILES string of the molecule is Cc1cc(NCCCc2nc3ccccc3n2C)c2nncn2n1. The Bertz CT molecular complexity index is 999. The third-order valence-electron chi connectivity index (χ3n) is 4.16. The van der Waals surface area contributed by atoms with Gasteiger partial charge >= 0.3 is 0 Å². The van der Waals surface area contributed by atoms with Crippen LogP contribution < -0.4 is 5.32 Å². The Kier molecular flexibility index (Phi) is 3.60. The Hall–Kier alpha value is -2.96. The summed E-state index contributed by atoms with van der Waals surface area (Å²) < 4.78 is 3.87. The molecule has 24 heavy (non-hydrogen) atoms. The Morgan fingerprint density at radius 1 is 1.21 bits per heavy atom. The van der Waals surface area contributed by atoms with Crippen molar-refractivity contribution >= 4 is 22.4 Å². The van der Waals surface area contributed by atoms with E-state index in [1.807, 2.05) is 25.1 Å². The largest absolute Gasteiger partial charge is 0.382 e. The van der Waals surface area contributed by atoms with Crippen LogP contribution in [0.1, 0.15) is 17.9 Å². The molecule has 4 aromatic rings. The maximum absolute atomic E-state index is 4.71. The van der Waals surface area contributed by atoms with Gasteiger partial charge in [-0.3, -0.25) is 0 Å². The minimum Gasteiger partial charge on any atom is -0.382 e. The number of benzene rings is 1. The van der Waals surface area contributed by atoms with Crippen molar-refractivity contribution in [1.82, 2.24) is 29.4 Å². The molecule has 0 amide bonds. The third kappa shape index (κ3) is 2.58. The summed E-state index contributed by atoms with van der Waals surface area (Å²) >= 11 is 0. The standard InChI is InChI=1S/C17H19N7/c1-12-10-14(17-21-19-11-24(17)22-12)18-9-5-8-16-20-13-6-3-4-7-15(13)23(16)2/h3-4,6-7,10-11,18H,5,8-9H2,1-2H3. The van der Waals surface area contributed by atoms with Gasteiger partial charge in [-0.15, -0.1) is 10.2 Å². The molecule has 1 N–H and O–H groups in total. The van der Waals surface area contributed by atoms with Gasteiger partial charge in [-0.2, -0.15) is 9.61 Å². The summed E-state index contributed by atoms with van der Waals surface area (Å²) in [7, 11) is 2.07. The van der Waals surface area contributed by atoms with Crippen molar-refractivity contribution in [2.24, 2.45) is 7.05 Å². The van der Waals surface area contributed by atoms with Gasteiger partial charge in [0.05, 0.1) is 22.4 Å². The first-order valence-corrected chi connectivity index (χ1v) is 8.04. The number of nitrogens with zero attached hydrogens (tertiary/aromatic N) is 6. The predicted molar refractivity (Wildman–Crippen MR) is 93.0 cm³/mol. The number of anilines is 1. The minimum absolute atomic E-state index is 0.753. The van der Waals surface area contributed by atoms with Gasteiger partial charge in [0.2, 0.25) is 5.65 Å². The van der Waals surface area contributed by atoms with E-state index in [4.69, 9.17) is 4.98 Å². The summed E-state index contributed by atoms with van der Waals surface area (Å²) in [4.78, 5) is 4.71. The molecule has 7 heteroatoms. The second-order valence-corrected chi connectivity index (χ2v) is 5.90. The lowest BCUT2D eigenvalue weighted by molar-refractivity contribution is 0.753. The average Bonchev–Trinajstić information content (AvgIpc) is 3.17. The van der Waals surface area contributed by atoms with Gasteiger partial charge in [0.25, 0.3) is 0 Å². The van der Waals surface area contributed by atoms with E-state index in [1.165, 1.54) is 5.52 Å². The van der Waals surface area contributed by atoms with Crippen molar-refractivity contribution in [1.29, 1.82) is 0 Å². The molecule has 0 saturated heterocycles. The number of aromatic nitrogens is 6.